The number of piperidine rings is 1. The molecule has 1 aliphatic rings. The van der Waals surface area contributed by atoms with Gasteiger partial charge >= 0.3 is 0 Å². The van der Waals surface area contributed by atoms with E-state index in [4.69, 9.17) is 16.3 Å². The topological polar surface area (TPSA) is 45.0 Å². The van der Waals surface area contributed by atoms with E-state index in [1.807, 2.05) is 0 Å². The van der Waals surface area contributed by atoms with Crippen molar-refractivity contribution in [3.8, 4) is 11.8 Å². The lowest BCUT2D eigenvalue weighted by molar-refractivity contribution is 0.0918. The third kappa shape index (κ3) is 3.26. The molecule has 0 atom stereocenters. The van der Waals surface area contributed by atoms with Gasteiger partial charge in [-0.25, -0.2) is 4.39 Å². The Morgan fingerprint density at radius 1 is 1.39 bits per heavy atom. The van der Waals surface area contributed by atoms with Crippen molar-refractivity contribution < 1.29 is 9.13 Å². The Balaban J connectivity index is 0.00000162. The number of nitrogens with one attached hydrogen (secondary N) is 1. The summed E-state index contributed by atoms with van der Waals surface area (Å²) < 4.78 is 18.7. The maximum absolute atomic E-state index is 13.1. The minimum atomic E-state index is -0.900. The lowest BCUT2D eigenvalue weighted by atomic mass is 9.94. The Bertz CT molecular complexity index is 456. The van der Waals surface area contributed by atoms with Crippen LogP contribution in [0.5, 0.6) is 5.75 Å². The highest BCUT2D eigenvalue weighted by Gasteiger charge is 2.34. The summed E-state index contributed by atoms with van der Waals surface area (Å²) in [5, 5.41) is 12.7. The molecule has 0 unspecified atom stereocenters. The molecule has 6 heteroatoms. The van der Waals surface area contributed by atoms with Crippen LogP contribution < -0.4 is 10.1 Å². The van der Waals surface area contributed by atoms with Gasteiger partial charge in [-0.1, -0.05) is 11.6 Å². The predicted molar refractivity (Wildman–Crippen MR) is 69.7 cm³/mol. The summed E-state index contributed by atoms with van der Waals surface area (Å²) in [6, 6.07) is 6.07. The van der Waals surface area contributed by atoms with E-state index < -0.39 is 11.4 Å². The first kappa shape index (κ1) is 15.0. The minimum absolute atomic E-state index is 0. The van der Waals surface area contributed by atoms with E-state index in [9.17, 15) is 9.65 Å². The summed E-state index contributed by atoms with van der Waals surface area (Å²) in [6.45, 7) is 1.42. The third-order valence-electron chi connectivity index (χ3n) is 2.81. The number of benzene rings is 1. The Morgan fingerprint density at radius 2 is 2.06 bits per heavy atom. The molecule has 1 saturated heterocycles. The van der Waals surface area contributed by atoms with E-state index in [1.165, 1.54) is 18.2 Å². The maximum Gasteiger partial charge on any atom is 0.196 e. The zero-order valence-electron chi connectivity index (χ0n) is 9.58. The van der Waals surface area contributed by atoms with Crippen LogP contribution in [0, 0.1) is 17.1 Å². The molecule has 0 amide bonds. The second kappa shape index (κ2) is 6.24. The Hall–Kier alpha value is -1.02. The van der Waals surface area contributed by atoms with Gasteiger partial charge in [0.2, 0.25) is 0 Å². The first-order valence-corrected chi connectivity index (χ1v) is 5.79. The van der Waals surface area contributed by atoms with Gasteiger partial charge in [0, 0.05) is 18.9 Å². The van der Waals surface area contributed by atoms with Gasteiger partial charge in [0.1, 0.15) is 17.6 Å². The summed E-state index contributed by atoms with van der Waals surface area (Å²) in [5.41, 5.74) is -0.900. The van der Waals surface area contributed by atoms with Crippen LogP contribution in [0.4, 0.5) is 4.39 Å². The first-order chi connectivity index (χ1) is 8.15. The van der Waals surface area contributed by atoms with Gasteiger partial charge in [-0.05, 0) is 25.2 Å². The van der Waals surface area contributed by atoms with Gasteiger partial charge in [0.05, 0.1) is 5.02 Å². The predicted octanol–water partition coefficient (Wildman–Crippen LogP) is 2.93. The van der Waals surface area contributed by atoms with Crippen molar-refractivity contribution in [3.05, 3.63) is 29.0 Å². The molecule has 0 spiro atoms. The maximum atomic E-state index is 13.1. The van der Waals surface area contributed by atoms with Crippen LogP contribution in [0.2, 0.25) is 5.02 Å². The number of nitrogens with zero attached hydrogens (tertiary/aromatic N) is 1. The second-order valence-electron chi connectivity index (χ2n) is 4.03. The monoisotopic (exact) mass is 290 g/mol. The number of ether oxygens (including phenoxy) is 1. The number of nitriles is 1. The standard InChI is InChI=1S/C12H12ClFN2O.ClH/c13-10-2-1-9(14)7-11(10)17-12(8-15)3-5-16-6-4-12;/h1-2,7,16H,3-6H2;1H. The highest BCUT2D eigenvalue weighted by atomic mass is 35.5. The van der Waals surface area contributed by atoms with Crippen LogP contribution in [-0.4, -0.2) is 18.7 Å². The van der Waals surface area contributed by atoms with Crippen molar-refractivity contribution in [2.75, 3.05) is 13.1 Å². The highest BCUT2D eigenvalue weighted by molar-refractivity contribution is 6.32. The van der Waals surface area contributed by atoms with Crippen molar-refractivity contribution in [2.24, 2.45) is 0 Å². The smallest absolute Gasteiger partial charge is 0.196 e. The molecule has 1 aromatic rings. The quantitative estimate of drug-likeness (QED) is 0.911. The van der Waals surface area contributed by atoms with Gasteiger partial charge in [0.15, 0.2) is 5.60 Å². The van der Waals surface area contributed by atoms with Gasteiger partial charge < -0.3 is 10.1 Å². The molecule has 0 radical (unpaired) electrons. The minimum Gasteiger partial charge on any atom is -0.471 e. The zero-order valence-corrected chi connectivity index (χ0v) is 11.2. The number of hydrogen-bond acceptors (Lipinski definition) is 3. The zero-order chi connectivity index (χ0) is 12.3. The molecule has 0 aromatic heterocycles. The molecule has 0 aliphatic carbocycles. The molecule has 1 heterocycles. The average Bonchev–Trinajstić information content (AvgIpc) is 2.35. The van der Waals surface area contributed by atoms with Crippen molar-refractivity contribution in [1.29, 1.82) is 5.26 Å². The lowest BCUT2D eigenvalue weighted by Gasteiger charge is -2.32. The number of halogens is 3. The van der Waals surface area contributed by atoms with Crippen LogP contribution in [0.3, 0.4) is 0 Å². The van der Waals surface area contributed by atoms with Gasteiger partial charge in [-0.3, -0.25) is 0 Å². The van der Waals surface area contributed by atoms with E-state index in [0.717, 1.165) is 0 Å². The molecule has 1 N–H and O–H groups in total. The van der Waals surface area contributed by atoms with E-state index >= 15 is 0 Å². The normalized spacial score (nSPS) is 17.4. The molecule has 98 valence electrons. The van der Waals surface area contributed by atoms with Crippen molar-refractivity contribution in [2.45, 2.75) is 18.4 Å². The Morgan fingerprint density at radius 3 is 2.67 bits per heavy atom. The van der Waals surface area contributed by atoms with Gasteiger partial charge in [-0.15, -0.1) is 12.4 Å². The fourth-order valence-corrected chi connectivity index (χ4v) is 1.99. The van der Waals surface area contributed by atoms with E-state index in [0.29, 0.717) is 31.0 Å². The Labute approximate surface area is 116 Å². The fraction of sp³-hybridized carbons (Fsp3) is 0.417. The van der Waals surface area contributed by atoms with Crippen LogP contribution in [0.1, 0.15) is 12.8 Å². The molecule has 3 nitrogen and oxygen atoms in total. The molecule has 18 heavy (non-hydrogen) atoms. The fourth-order valence-electron chi connectivity index (χ4n) is 1.83. The summed E-state index contributed by atoms with van der Waals surface area (Å²) >= 11 is 5.92. The van der Waals surface area contributed by atoms with Crippen LogP contribution >= 0.6 is 24.0 Å². The molecule has 0 bridgehead atoms. The van der Waals surface area contributed by atoms with E-state index in [2.05, 4.69) is 11.4 Å². The summed E-state index contributed by atoms with van der Waals surface area (Å²) in [5.74, 6) is -0.193. The molecular formula is C12H13Cl2FN2O. The first-order valence-electron chi connectivity index (χ1n) is 5.41. The summed E-state index contributed by atoms with van der Waals surface area (Å²) in [7, 11) is 0. The van der Waals surface area contributed by atoms with Crippen molar-refractivity contribution in [1.82, 2.24) is 5.32 Å². The summed E-state index contributed by atoms with van der Waals surface area (Å²) in [4.78, 5) is 0. The summed E-state index contributed by atoms with van der Waals surface area (Å²) in [6.07, 6.45) is 1.13. The van der Waals surface area contributed by atoms with E-state index in [1.54, 1.807) is 0 Å². The Kier molecular flexibility index (Phi) is 5.21. The average molecular weight is 291 g/mol. The molecule has 1 fully saturated rings. The molecule has 1 aromatic carbocycles. The van der Waals surface area contributed by atoms with Crippen molar-refractivity contribution in [3.63, 3.8) is 0 Å². The van der Waals surface area contributed by atoms with Gasteiger partial charge in [0.25, 0.3) is 0 Å². The SMILES string of the molecule is Cl.N#CC1(Oc2cc(F)ccc2Cl)CCNCC1. The number of hydrogen-bond donors (Lipinski definition) is 1. The molecule has 2 rings (SSSR count). The molecular weight excluding hydrogens is 278 g/mol. The van der Waals surface area contributed by atoms with Crippen LogP contribution in [-0.2, 0) is 0 Å². The molecule has 1 aliphatic heterocycles. The highest BCUT2D eigenvalue weighted by Crippen LogP contribution is 2.31. The van der Waals surface area contributed by atoms with Crippen molar-refractivity contribution >= 4 is 24.0 Å². The second-order valence-corrected chi connectivity index (χ2v) is 4.44. The molecule has 0 saturated carbocycles. The van der Waals surface area contributed by atoms with Crippen LogP contribution in [0.15, 0.2) is 18.2 Å². The number of rotatable bonds is 2. The van der Waals surface area contributed by atoms with Gasteiger partial charge in [-0.2, -0.15) is 5.26 Å². The largest absolute Gasteiger partial charge is 0.471 e. The lowest BCUT2D eigenvalue weighted by Crippen LogP contribution is -2.45. The third-order valence-corrected chi connectivity index (χ3v) is 3.13. The van der Waals surface area contributed by atoms with Crippen LogP contribution in [0.25, 0.3) is 0 Å². The van der Waals surface area contributed by atoms with E-state index in [-0.39, 0.29) is 18.2 Å².